The Morgan fingerprint density at radius 1 is 1.05 bits per heavy atom. The highest BCUT2D eigenvalue weighted by atomic mass is 16.5. The van der Waals surface area contributed by atoms with Gasteiger partial charge in [0.2, 0.25) is 0 Å². The molecule has 2 heterocycles. The highest BCUT2D eigenvalue weighted by molar-refractivity contribution is 5.94. The first-order valence-electron chi connectivity index (χ1n) is 14.5. The summed E-state index contributed by atoms with van der Waals surface area (Å²) in [5, 5.41) is 0. The van der Waals surface area contributed by atoms with Crippen LogP contribution in [0.15, 0.2) is 72.9 Å². The van der Waals surface area contributed by atoms with E-state index >= 15 is 0 Å². The number of H-pyrrole nitrogens is 1. The lowest BCUT2D eigenvalue weighted by Gasteiger charge is -2.38. The summed E-state index contributed by atoms with van der Waals surface area (Å²) in [7, 11) is 1.69. The fraction of sp³-hybridized carbons (Fsp3) is 0.353. The molecule has 3 aromatic carbocycles. The Kier molecular flexibility index (Phi) is 8.74. The van der Waals surface area contributed by atoms with Crippen molar-refractivity contribution in [2.75, 3.05) is 26.7 Å². The Morgan fingerprint density at radius 3 is 2.44 bits per heavy atom. The van der Waals surface area contributed by atoms with E-state index in [1.54, 1.807) is 7.11 Å². The van der Waals surface area contributed by atoms with E-state index < -0.39 is 0 Å². The molecule has 214 valence electrons. The molecular weight excluding hydrogens is 512 g/mol. The maximum Gasteiger partial charge on any atom is 0.253 e. The van der Waals surface area contributed by atoms with Gasteiger partial charge in [0.15, 0.2) is 11.5 Å². The molecule has 1 atom stereocenters. The van der Waals surface area contributed by atoms with Crippen LogP contribution in [0.1, 0.15) is 66.5 Å². The largest absolute Gasteiger partial charge is 0.493 e. The number of amides is 1. The van der Waals surface area contributed by atoms with Crippen molar-refractivity contribution in [3.8, 4) is 22.9 Å². The monoisotopic (exact) mass is 552 g/mol. The lowest BCUT2D eigenvalue weighted by atomic mass is 9.87. The van der Waals surface area contributed by atoms with Crippen LogP contribution >= 0.6 is 0 Å². The Balaban J connectivity index is 1.52. The van der Waals surface area contributed by atoms with Crippen LogP contribution in [0.3, 0.4) is 0 Å². The van der Waals surface area contributed by atoms with Crippen molar-refractivity contribution in [3.05, 3.63) is 101 Å². The summed E-state index contributed by atoms with van der Waals surface area (Å²) in [6.45, 7) is 11.0. The molecule has 0 aliphatic carbocycles. The van der Waals surface area contributed by atoms with Crippen LogP contribution in [0.25, 0.3) is 11.4 Å². The number of methoxy groups -OCH3 is 1. The first kappa shape index (κ1) is 28.4. The molecule has 1 N–H and O–H groups in total. The number of aromatic nitrogens is 2. The van der Waals surface area contributed by atoms with Crippen molar-refractivity contribution < 1.29 is 14.3 Å². The van der Waals surface area contributed by atoms with Gasteiger partial charge < -0.3 is 19.4 Å². The molecule has 0 saturated heterocycles. The van der Waals surface area contributed by atoms with Gasteiger partial charge in [-0.2, -0.15) is 0 Å². The lowest BCUT2D eigenvalue weighted by Crippen LogP contribution is -2.36. The number of aromatic amines is 1. The summed E-state index contributed by atoms with van der Waals surface area (Å²) in [5.41, 5.74) is 6.40. The minimum Gasteiger partial charge on any atom is -0.493 e. The molecule has 0 bridgehead atoms. The minimum atomic E-state index is -0.0275. The molecule has 4 aromatic rings. The zero-order valence-corrected chi connectivity index (χ0v) is 24.7. The quantitative estimate of drug-likeness (QED) is 0.243. The van der Waals surface area contributed by atoms with Crippen molar-refractivity contribution in [2.45, 2.75) is 52.8 Å². The van der Waals surface area contributed by atoms with E-state index in [-0.39, 0.29) is 18.1 Å². The summed E-state index contributed by atoms with van der Waals surface area (Å²) in [4.78, 5) is 25.5. The number of fused-ring (bicyclic) bond motifs is 1. The van der Waals surface area contributed by atoms with Gasteiger partial charge in [-0.15, -0.1) is 0 Å². The molecule has 0 unspecified atom stereocenters. The van der Waals surface area contributed by atoms with Crippen molar-refractivity contribution in [1.29, 1.82) is 0 Å². The lowest BCUT2D eigenvalue weighted by molar-refractivity contribution is 0.0773. The molecule has 1 aliphatic heterocycles. The van der Waals surface area contributed by atoms with E-state index in [2.05, 4.69) is 51.3 Å². The average Bonchev–Trinajstić information content (AvgIpc) is 3.46. The van der Waals surface area contributed by atoms with Gasteiger partial charge in [-0.1, -0.05) is 42.5 Å². The molecule has 5 rings (SSSR count). The second kappa shape index (κ2) is 12.6. The molecule has 0 spiro atoms. The maximum atomic E-state index is 13.0. The van der Waals surface area contributed by atoms with Gasteiger partial charge in [-0.3, -0.25) is 9.69 Å². The van der Waals surface area contributed by atoms with E-state index in [1.165, 1.54) is 11.1 Å². The first-order chi connectivity index (χ1) is 19.9. The summed E-state index contributed by atoms with van der Waals surface area (Å²) >= 11 is 0. The van der Waals surface area contributed by atoms with Gasteiger partial charge >= 0.3 is 0 Å². The molecule has 0 saturated carbocycles. The molecule has 1 amide bonds. The zero-order valence-electron chi connectivity index (χ0n) is 24.7. The number of hydrogen-bond acceptors (Lipinski definition) is 5. The van der Waals surface area contributed by atoms with Crippen LogP contribution in [0.5, 0.6) is 11.5 Å². The van der Waals surface area contributed by atoms with Crippen LogP contribution in [0, 0.1) is 0 Å². The Morgan fingerprint density at radius 2 is 1.78 bits per heavy atom. The smallest absolute Gasteiger partial charge is 0.253 e. The second-order valence-electron chi connectivity index (χ2n) is 10.7. The number of imidazole rings is 1. The van der Waals surface area contributed by atoms with E-state index in [4.69, 9.17) is 9.47 Å². The predicted octanol–water partition coefficient (Wildman–Crippen LogP) is 6.50. The number of rotatable bonds is 10. The van der Waals surface area contributed by atoms with Crippen molar-refractivity contribution in [1.82, 2.24) is 19.8 Å². The zero-order chi connectivity index (χ0) is 28.9. The molecule has 1 aromatic heterocycles. The van der Waals surface area contributed by atoms with Crippen molar-refractivity contribution >= 4 is 5.91 Å². The normalized spacial score (nSPS) is 15.0. The van der Waals surface area contributed by atoms with Gasteiger partial charge in [0.25, 0.3) is 5.91 Å². The van der Waals surface area contributed by atoms with Gasteiger partial charge in [0.05, 0.1) is 19.3 Å². The SMILES string of the molecule is CCN(CC)C(=O)c1ccc([C@H]2c3cc(OC(C)C)c(OC)cc3CCN2Cc2cnc(-c3ccccc3)[nH]2)cc1. The minimum absolute atomic E-state index is 0.0202. The molecule has 41 heavy (non-hydrogen) atoms. The van der Waals surface area contributed by atoms with Gasteiger partial charge in [0.1, 0.15) is 5.82 Å². The molecule has 1 aliphatic rings. The van der Waals surface area contributed by atoms with Crippen LogP contribution in [0.2, 0.25) is 0 Å². The van der Waals surface area contributed by atoms with Gasteiger partial charge in [-0.05, 0) is 75.1 Å². The Hall–Kier alpha value is -4.10. The maximum absolute atomic E-state index is 13.0. The number of hydrogen-bond donors (Lipinski definition) is 1. The molecule has 7 heteroatoms. The fourth-order valence-corrected chi connectivity index (χ4v) is 5.65. The summed E-state index contributed by atoms with van der Waals surface area (Å²) < 4.78 is 11.9. The Labute approximate surface area is 243 Å². The van der Waals surface area contributed by atoms with E-state index in [1.807, 2.05) is 69.1 Å². The number of nitrogens with zero attached hydrogens (tertiary/aromatic N) is 3. The first-order valence-corrected chi connectivity index (χ1v) is 14.5. The molecule has 0 fully saturated rings. The number of carbonyl (C=O) groups is 1. The third-order valence-corrected chi connectivity index (χ3v) is 7.69. The molecular formula is C34H40N4O3. The van der Waals surface area contributed by atoms with Gasteiger partial charge in [0, 0.05) is 49.2 Å². The van der Waals surface area contributed by atoms with Crippen LogP contribution < -0.4 is 9.47 Å². The molecule has 7 nitrogen and oxygen atoms in total. The number of benzene rings is 3. The van der Waals surface area contributed by atoms with Crippen molar-refractivity contribution in [3.63, 3.8) is 0 Å². The highest BCUT2D eigenvalue weighted by Crippen LogP contribution is 2.42. The van der Waals surface area contributed by atoms with Crippen LogP contribution in [0.4, 0.5) is 0 Å². The fourth-order valence-electron chi connectivity index (χ4n) is 5.65. The third kappa shape index (κ3) is 6.15. The van der Waals surface area contributed by atoms with E-state index in [0.29, 0.717) is 25.2 Å². The third-order valence-electron chi connectivity index (χ3n) is 7.69. The average molecular weight is 553 g/mol. The topological polar surface area (TPSA) is 70.7 Å². The summed E-state index contributed by atoms with van der Waals surface area (Å²) in [6.07, 6.45) is 2.84. The standard InChI is InChI=1S/C34H40N4O3/c1-6-37(7-2)34(39)26-15-13-24(14-16-26)32-29-20-31(41-23(3)4)30(40-5)19-27(29)17-18-38(32)22-28-21-35-33(36-28)25-11-9-8-10-12-25/h8-16,19-21,23,32H,6-7,17-18,22H2,1-5H3,(H,35,36)/t32-/m0/s1. The number of nitrogens with one attached hydrogen (secondary N) is 1. The Bertz CT molecular complexity index is 1460. The highest BCUT2D eigenvalue weighted by Gasteiger charge is 2.31. The van der Waals surface area contributed by atoms with Crippen LogP contribution in [-0.4, -0.2) is 58.5 Å². The summed E-state index contributed by atoms with van der Waals surface area (Å²) in [5.74, 6) is 2.43. The predicted molar refractivity (Wildman–Crippen MR) is 162 cm³/mol. The van der Waals surface area contributed by atoms with Gasteiger partial charge in [-0.25, -0.2) is 4.98 Å². The second-order valence-corrected chi connectivity index (χ2v) is 10.7. The molecule has 0 radical (unpaired) electrons. The van der Waals surface area contributed by atoms with E-state index in [9.17, 15) is 4.79 Å². The number of carbonyl (C=O) groups excluding carboxylic acids is 1. The van der Waals surface area contributed by atoms with E-state index in [0.717, 1.165) is 47.1 Å². The van der Waals surface area contributed by atoms with Crippen LogP contribution in [-0.2, 0) is 13.0 Å². The number of ether oxygens (including phenoxy) is 2. The summed E-state index contributed by atoms with van der Waals surface area (Å²) in [6, 6.07) is 22.5. The van der Waals surface area contributed by atoms with Crippen molar-refractivity contribution in [2.24, 2.45) is 0 Å².